The third kappa shape index (κ3) is 2.37. The van der Waals surface area contributed by atoms with E-state index in [1.54, 1.807) is 10.6 Å². The molecule has 2 aromatic heterocycles. The molecule has 0 saturated carbocycles. The predicted octanol–water partition coefficient (Wildman–Crippen LogP) is 2.40. The second kappa shape index (κ2) is 6.31. The molecule has 10 heteroatoms. The molecule has 0 aliphatic carbocycles. The quantitative estimate of drug-likeness (QED) is 0.293. The minimum atomic E-state index is -0.684. The summed E-state index contributed by atoms with van der Waals surface area (Å²) in [6.07, 6.45) is 0.567. The van der Waals surface area contributed by atoms with Crippen molar-refractivity contribution in [3.8, 4) is 40.4 Å². The van der Waals surface area contributed by atoms with E-state index in [0.29, 0.717) is 40.5 Å². The number of furan rings is 1. The topological polar surface area (TPSA) is 130 Å². The molecule has 0 bridgehead atoms. The Hall–Kier alpha value is -4.00. The van der Waals surface area contributed by atoms with Gasteiger partial charge in [-0.25, -0.2) is 9.30 Å². The van der Waals surface area contributed by atoms with Gasteiger partial charge in [-0.2, -0.15) is 5.26 Å². The maximum absolute atomic E-state index is 12.8. The molecule has 0 radical (unpaired) electrons. The van der Waals surface area contributed by atoms with E-state index < -0.39 is 10.8 Å². The molecular weight excluding hydrogens is 368 g/mol. The number of ether oxygens (including phenoxy) is 2. The van der Waals surface area contributed by atoms with Gasteiger partial charge in [0.15, 0.2) is 17.2 Å². The normalized spacial score (nSPS) is 12.0. The van der Waals surface area contributed by atoms with E-state index in [1.807, 2.05) is 12.1 Å². The van der Waals surface area contributed by atoms with E-state index in [-0.39, 0.29) is 17.3 Å². The fraction of sp³-hybridized carbons (Fsp3) is 0.222. The zero-order valence-corrected chi connectivity index (χ0v) is 15.0. The minimum Gasteiger partial charge on any atom is -0.709 e. The second-order valence-electron chi connectivity index (χ2n) is 6.09. The second-order valence-corrected chi connectivity index (χ2v) is 6.09. The first-order chi connectivity index (χ1) is 13.5. The van der Waals surface area contributed by atoms with E-state index in [4.69, 9.17) is 13.9 Å². The SMILES string of the molecule is COc1cc2c(cc1OC)-c1c(C#N)[n+]([O-])c(-c3ccc([N+](=O)[O-])o3)n1CC2. The number of hydrogen-bond donors (Lipinski definition) is 0. The highest BCUT2D eigenvalue weighted by molar-refractivity contribution is 5.75. The van der Waals surface area contributed by atoms with Crippen molar-refractivity contribution in [2.24, 2.45) is 0 Å². The van der Waals surface area contributed by atoms with Gasteiger partial charge >= 0.3 is 11.7 Å². The highest BCUT2D eigenvalue weighted by Crippen LogP contribution is 2.41. The lowest BCUT2D eigenvalue weighted by Gasteiger charge is -2.18. The predicted molar refractivity (Wildman–Crippen MR) is 94.7 cm³/mol. The van der Waals surface area contributed by atoms with Crippen LogP contribution in [0.1, 0.15) is 11.3 Å². The number of nitro groups is 1. The summed E-state index contributed by atoms with van der Waals surface area (Å²) < 4.78 is 18.0. The third-order valence-electron chi connectivity index (χ3n) is 4.71. The zero-order valence-electron chi connectivity index (χ0n) is 15.0. The smallest absolute Gasteiger partial charge is 0.433 e. The molecule has 1 aliphatic rings. The molecule has 142 valence electrons. The molecule has 10 nitrogen and oxygen atoms in total. The first-order valence-corrected chi connectivity index (χ1v) is 8.26. The average molecular weight is 382 g/mol. The van der Waals surface area contributed by atoms with Gasteiger partial charge in [0, 0.05) is 18.1 Å². The molecule has 0 fully saturated rings. The van der Waals surface area contributed by atoms with Crippen molar-refractivity contribution in [3.05, 3.63) is 50.8 Å². The van der Waals surface area contributed by atoms with Crippen LogP contribution in [-0.4, -0.2) is 23.7 Å². The third-order valence-corrected chi connectivity index (χ3v) is 4.71. The summed E-state index contributed by atoms with van der Waals surface area (Å²) in [5, 5.41) is 33.4. The molecule has 0 amide bonds. The van der Waals surface area contributed by atoms with Gasteiger partial charge in [-0.15, -0.1) is 0 Å². The molecule has 0 saturated heterocycles. The van der Waals surface area contributed by atoms with Crippen molar-refractivity contribution in [2.45, 2.75) is 13.0 Å². The molecule has 0 spiro atoms. The Morgan fingerprint density at radius 2 is 2.00 bits per heavy atom. The number of imidazole rings is 1. The van der Waals surface area contributed by atoms with Crippen molar-refractivity contribution in [1.29, 1.82) is 5.26 Å². The number of rotatable bonds is 4. The number of fused-ring (bicyclic) bond motifs is 3. The van der Waals surface area contributed by atoms with E-state index in [0.717, 1.165) is 5.56 Å². The highest BCUT2D eigenvalue weighted by Gasteiger charge is 2.36. The van der Waals surface area contributed by atoms with Crippen molar-refractivity contribution in [1.82, 2.24) is 4.57 Å². The van der Waals surface area contributed by atoms with Crippen LogP contribution < -0.4 is 14.2 Å². The van der Waals surface area contributed by atoms with Gasteiger partial charge in [0.1, 0.15) is 11.0 Å². The summed E-state index contributed by atoms with van der Waals surface area (Å²) in [5.74, 6) is 0.601. The molecule has 4 rings (SSSR count). The van der Waals surface area contributed by atoms with E-state index in [9.17, 15) is 20.6 Å². The van der Waals surface area contributed by atoms with Crippen molar-refractivity contribution in [2.75, 3.05) is 14.2 Å². The lowest BCUT2D eigenvalue weighted by molar-refractivity contribution is -0.596. The summed E-state index contributed by atoms with van der Waals surface area (Å²) in [6, 6.07) is 7.99. The van der Waals surface area contributed by atoms with Crippen LogP contribution in [0.25, 0.3) is 22.8 Å². The van der Waals surface area contributed by atoms with Gasteiger partial charge in [0.25, 0.3) is 5.69 Å². The van der Waals surface area contributed by atoms with Crippen molar-refractivity contribution < 1.29 is 23.5 Å². The minimum absolute atomic E-state index is 0.0216. The molecule has 0 unspecified atom stereocenters. The van der Waals surface area contributed by atoms with Crippen molar-refractivity contribution in [3.63, 3.8) is 0 Å². The Labute approximate surface area is 158 Å². The van der Waals surface area contributed by atoms with Crippen LogP contribution in [-0.2, 0) is 13.0 Å². The largest absolute Gasteiger partial charge is 0.709 e. The molecule has 1 aliphatic heterocycles. The number of nitrogens with zero attached hydrogens (tertiary/aromatic N) is 4. The lowest BCUT2D eigenvalue weighted by atomic mass is 9.96. The molecule has 0 atom stereocenters. The number of aromatic nitrogens is 2. The number of aryl methyl sites for hydroxylation is 1. The Morgan fingerprint density at radius 3 is 2.61 bits per heavy atom. The standard InChI is InChI=1S/C18H14N4O6/c1-26-14-7-10-5-6-20-17(11(10)8-15(14)27-2)12(9-19)21(23)18(20)13-3-4-16(28-13)22(24)25/h3-4,7-8H,5-6H2,1-2H3. The Bertz CT molecular complexity index is 1150. The van der Waals surface area contributed by atoms with Gasteiger partial charge in [-0.3, -0.25) is 10.1 Å². The summed E-state index contributed by atoms with van der Waals surface area (Å²) in [5.41, 5.74) is 1.85. The maximum Gasteiger partial charge on any atom is 0.433 e. The maximum atomic E-state index is 12.8. The summed E-state index contributed by atoms with van der Waals surface area (Å²) in [4.78, 5) is 10.2. The zero-order chi connectivity index (χ0) is 20.0. The number of hydrogen-bond acceptors (Lipinski definition) is 7. The molecule has 28 heavy (non-hydrogen) atoms. The van der Waals surface area contributed by atoms with E-state index in [1.165, 1.54) is 26.4 Å². The highest BCUT2D eigenvalue weighted by atomic mass is 16.6. The molecule has 3 aromatic rings. The number of benzene rings is 1. The number of methoxy groups -OCH3 is 2. The van der Waals surface area contributed by atoms with Gasteiger partial charge in [0.2, 0.25) is 5.76 Å². The van der Waals surface area contributed by atoms with E-state index in [2.05, 4.69) is 0 Å². The van der Waals surface area contributed by atoms with Crippen LogP contribution in [0, 0.1) is 26.7 Å². The molecule has 0 N–H and O–H groups in total. The Kier molecular flexibility index (Phi) is 3.93. The Morgan fingerprint density at radius 1 is 1.29 bits per heavy atom. The average Bonchev–Trinajstić information content (AvgIpc) is 3.28. The lowest BCUT2D eigenvalue weighted by Crippen LogP contribution is -2.31. The van der Waals surface area contributed by atoms with Crippen LogP contribution in [0.4, 0.5) is 5.88 Å². The van der Waals surface area contributed by atoms with Gasteiger partial charge in [0.05, 0.1) is 26.8 Å². The molecule has 1 aromatic carbocycles. The number of nitriles is 1. The molecule has 3 heterocycles. The summed E-state index contributed by atoms with van der Waals surface area (Å²) >= 11 is 0. The van der Waals surface area contributed by atoms with Crippen LogP contribution >= 0.6 is 0 Å². The fourth-order valence-corrected chi connectivity index (χ4v) is 3.49. The first kappa shape index (κ1) is 17.4. The summed E-state index contributed by atoms with van der Waals surface area (Å²) in [6.45, 7) is 0.394. The van der Waals surface area contributed by atoms with Crippen LogP contribution in [0.2, 0.25) is 0 Å². The molecular formula is C18H14N4O6. The van der Waals surface area contributed by atoms with Gasteiger partial charge < -0.3 is 19.1 Å². The van der Waals surface area contributed by atoms with Crippen molar-refractivity contribution >= 4 is 5.88 Å². The van der Waals surface area contributed by atoms with Crippen LogP contribution in [0.3, 0.4) is 0 Å². The van der Waals surface area contributed by atoms with E-state index >= 15 is 0 Å². The monoisotopic (exact) mass is 382 g/mol. The fourth-order valence-electron chi connectivity index (χ4n) is 3.49. The van der Waals surface area contributed by atoms with Crippen LogP contribution in [0.15, 0.2) is 28.7 Å². The van der Waals surface area contributed by atoms with Gasteiger partial charge in [-0.1, -0.05) is 0 Å². The first-order valence-electron chi connectivity index (χ1n) is 8.26. The Balaban J connectivity index is 1.98. The summed E-state index contributed by atoms with van der Waals surface area (Å²) in [7, 11) is 3.03. The van der Waals surface area contributed by atoms with Gasteiger partial charge in [-0.05, 0) is 17.7 Å². The van der Waals surface area contributed by atoms with Crippen LogP contribution in [0.5, 0.6) is 11.5 Å².